The third-order valence-electron chi connectivity index (χ3n) is 3.97. The number of rotatable bonds is 5. The second-order valence-corrected chi connectivity index (χ2v) is 7.78. The lowest BCUT2D eigenvalue weighted by Gasteiger charge is -2.30. The summed E-state index contributed by atoms with van der Waals surface area (Å²) in [5.74, 6) is 2.19. The van der Waals surface area contributed by atoms with E-state index in [2.05, 4.69) is 32.6 Å². The summed E-state index contributed by atoms with van der Waals surface area (Å²) < 4.78 is 0. The van der Waals surface area contributed by atoms with Crippen LogP contribution >= 0.6 is 24.2 Å². The van der Waals surface area contributed by atoms with Crippen LogP contribution < -0.4 is 0 Å². The van der Waals surface area contributed by atoms with E-state index in [0.717, 1.165) is 28.7 Å². The molecule has 5 nitrogen and oxygen atoms in total. The molecule has 1 heterocycles. The van der Waals surface area contributed by atoms with E-state index in [1.807, 2.05) is 6.92 Å². The number of nitro groups is 1. The average molecular weight is 372 g/mol. The molecular weight excluding hydrogens is 346 g/mol. The summed E-state index contributed by atoms with van der Waals surface area (Å²) in [6.45, 7) is 11.8. The van der Waals surface area contributed by atoms with Crippen molar-refractivity contribution in [2.45, 2.75) is 40.7 Å². The van der Waals surface area contributed by atoms with Gasteiger partial charge in [0.2, 0.25) is 0 Å². The zero-order valence-corrected chi connectivity index (χ0v) is 16.5. The molecule has 0 spiro atoms. The van der Waals surface area contributed by atoms with Crippen LogP contribution in [0, 0.1) is 28.9 Å². The topological polar surface area (TPSA) is 58.7 Å². The Balaban J connectivity index is 0.00000288. The zero-order chi connectivity index (χ0) is 17.1. The van der Waals surface area contributed by atoms with Crippen LogP contribution in [0.15, 0.2) is 23.2 Å². The molecule has 0 radical (unpaired) electrons. The molecule has 0 saturated carbocycles. The van der Waals surface area contributed by atoms with E-state index in [4.69, 9.17) is 4.99 Å². The Morgan fingerprint density at radius 2 is 2.04 bits per heavy atom. The summed E-state index contributed by atoms with van der Waals surface area (Å²) >= 11 is 1.78. The van der Waals surface area contributed by atoms with Crippen LogP contribution in [0.1, 0.15) is 33.3 Å². The van der Waals surface area contributed by atoms with E-state index in [1.165, 1.54) is 6.07 Å². The Hall–Kier alpha value is -1.27. The highest BCUT2D eigenvalue weighted by atomic mass is 35.5. The lowest BCUT2D eigenvalue weighted by Crippen LogP contribution is -2.39. The summed E-state index contributed by atoms with van der Waals surface area (Å²) in [4.78, 5) is 17.7. The molecule has 1 fully saturated rings. The lowest BCUT2D eigenvalue weighted by molar-refractivity contribution is -0.384. The van der Waals surface area contributed by atoms with Crippen molar-refractivity contribution in [3.8, 4) is 0 Å². The van der Waals surface area contributed by atoms with Crippen LogP contribution in [0.3, 0.4) is 0 Å². The minimum atomic E-state index is -0.367. The van der Waals surface area contributed by atoms with E-state index < -0.39 is 0 Å². The van der Waals surface area contributed by atoms with E-state index in [0.29, 0.717) is 17.9 Å². The highest BCUT2D eigenvalue weighted by Gasteiger charge is 2.32. The second kappa shape index (κ2) is 8.72. The molecule has 2 rings (SSSR count). The predicted octanol–water partition coefficient (Wildman–Crippen LogP) is 5.04. The summed E-state index contributed by atoms with van der Waals surface area (Å²) in [5, 5.41) is 11.9. The number of nitro benzene ring substituents is 1. The summed E-state index contributed by atoms with van der Waals surface area (Å²) in [7, 11) is 0. The Morgan fingerprint density at radius 1 is 1.38 bits per heavy atom. The Morgan fingerprint density at radius 3 is 2.54 bits per heavy atom. The van der Waals surface area contributed by atoms with Crippen molar-refractivity contribution in [1.82, 2.24) is 4.90 Å². The molecule has 134 valence electrons. The van der Waals surface area contributed by atoms with Crippen LogP contribution in [0.2, 0.25) is 0 Å². The molecule has 1 aliphatic rings. The van der Waals surface area contributed by atoms with Gasteiger partial charge in [0.15, 0.2) is 5.17 Å². The summed E-state index contributed by atoms with van der Waals surface area (Å²) in [6, 6.07) is 5.36. The van der Waals surface area contributed by atoms with Gasteiger partial charge in [0, 0.05) is 30.5 Å². The van der Waals surface area contributed by atoms with Crippen LogP contribution in [0.4, 0.5) is 11.4 Å². The summed E-state index contributed by atoms with van der Waals surface area (Å²) in [5.41, 5.74) is 1.77. The lowest BCUT2D eigenvalue weighted by atomic mass is 10.0. The zero-order valence-electron chi connectivity index (χ0n) is 14.9. The normalized spacial score (nSPS) is 19.2. The number of aliphatic imine (C=N–C) groups is 1. The van der Waals surface area contributed by atoms with Gasteiger partial charge in [0.1, 0.15) is 0 Å². The van der Waals surface area contributed by atoms with E-state index in [1.54, 1.807) is 23.9 Å². The third kappa shape index (κ3) is 4.86. The van der Waals surface area contributed by atoms with Crippen molar-refractivity contribution in [2.75, 3.05) is 12.3 Å². The van der Waals surface area contributed by atoms with Crippen molar-refractivity contribution in [2.24, 2.45) is 16.8 Å². The van der Waals surface area contributed by atoms with Gasteiger partial charge in [-0.15, -0.1) is 12.4 Å². The van der Waals surface area contributed by atoms with E-state index >= 15 is 0 Å². The second-order valence-electron chi connectivity index (χ2n) is 6.79. The number of thioether (sulfide) groups is 1. The standard InChI is InChI=1S/C17H25N3O2S.ClH/c1-11(2)9-19-16(12(3)4)10-23-17(19)18-15-7-6-14(20(21)22)8-13(15)5;/h6-8,11-12,16H,9-10H2,1-5H3;1H/t16-;/m1./s1. The number of amidine groups is 1. The van der Waals surface area contributed by atoms with Gasteiger partial charge in [0.25, 0.3) is 5.69 Å². The van der Waals surface area contributed by atoms with E-state index in [-0.39, 0.29) is 23.0 Å². The van der Waals surface area contributed by atoms with Gasteiger partial charge in [-0.05, 0) is 30.4 Å². The number of benzene rings is 1. The molecule has 0 bridgehead atoms. The van der Waals surface area contributed by atoms with Crippen molar-refractivity contribution in [1.29, 1.82) is 0 Å². The number of nitrogens with zero attached hydrogens (tertiary/aromatic N) is 3. The minimum absolute atomic E-state index is 0. The Kier molecular flexibility index (Phi) is 7.55. The molecule has 0 aliphatic carbocycles. The number of hydrogen-bond donors (Lipinski definition) is 0. The quantitative estimate of drug-likeness (QED) is 0.537. The molecule has 1 saturated heterocycles. The van der Waals surface area contributed by atoms with Crippen LogP contribution in [-0.2, 0) is 0 Å². The van der Waals surface area contributed by atoms with Crippen LogP contribution in [-0.4, -0.2) is 33.3 Å². The van der Waals surface area contributed by atoms with Crippen molar-refractivity contribution >= 4 is 40.7 Å². The molecule has 7 heteroatoms. The Labute approximate surface area is 154 Å². The monoisotopic (exact) mass is 371 g/mol. The molecule has 24 heavy (non-hydrogen) atoms. The Bertz CT molecular complexity index is 620. The molecule has 1 atom stereocenters. The molecular formula is C17H26ClN3O2S. The number of halogens is 1. The molecule has 0 unspecified atom stereocenters. The fourth-order valence-corrected chi connectivity index (χ4v) is 4.14. The van der Waals surface area contributed by atoms with Crippen LogP contribution in [0.25, 0.3) is 0 Å². The fourth-order valence-electron chi connectivity index (χ4n) is 2.71. The molecule has 0 aromatic heterocycles. The van der Waals surface area contributed by atoms with Crippen LogP contribution in [0.5, 0.6) is 0 Å². The first-order valence-electron chi connectivity index (χ1n) is 8.02. The maximum absolute atomic E-state index is 10.9. The maximum Gasteiger partial charge on any atom is 0.269 e. The number of hydrogen-bond acceptors (Lipinski definition) is 4. The van der Waals surface area contributed by atoms with Gasteiger partial charge in [-0.1, -0.05) is 39.5 Å². The van der Waals surface area contributed by atoms with E-state index in [9.17, 15) is 10.1 Å². The molecule has 0 amide bonds. The van der Waals surface area contributed by atoms with Gasteiger partial charge in [-0.2, -0.15) is 0 Å². The summed E-state index contributed by atoms with van der Waals surface area (Å²) in [6.07, 6.45) is 0. The van der Waals surface area contributed by atoms with Gasteiger partial charge in [-0.25, -0.2) is 4.99 Å². The highest BCUT2D eigenvalue weighted by molar-refractivity contribution is 8.14. The van der Waals surface area contributed by atoms with Crippen molar-refractivity contribution in [3.05, 3.63) is 33.9 Å². The SMILES string of the molecule is Cc1cc([N+](=O)[O-])ccc1N=C1SC[C@H](C(C)C)N1CC(C)C.Cl. The molecule has 1 aromatic carbocycles. The van der Waals surface area contributed by atoms with Gasteiger partial charge in [-0.3, -0.25) is 10.1 Å². The fraction of sp³-hybridized carbons (Fsp3) is 0.588. The molecule has 0 N–H and O–H groups in total. The third-order valence-corrected chi connectivity index (χ3v) is 5.06. The first kappa shape index (κ1) is 20.8. The predicted molar refractivity (Wildman–Crippen MR) is 105 cm³/mol. The molecule has 1 aliphatic heterocycles. The first-order chi connectivity index (χ1) is 10.8. The minimum Gasteiger partial charge on any atom is -0.347 e. The highest BCUT2D eigenvalue weighted by Crippen LogP contribution is 2.33. The van der Waals surface area contributed by atoms with Gasteiger partial charge >= 0.3 is 0 Å². The van der Waals surface area contributed by atoms with Gasteiger partial charge in [0.05, 0.1) is 10.6 Å². The molecule has 1 aromatic rings. The van der Waals surface area contributed by atoms with Crippen molar-refractivity contribution in [3.63, 3.8) is 0 Å². The van der Waals surface area contributed by atoms with Gasteiger partial charge < -0.3 is 4.90 Å². The largest absolute Gasteiger partial charge is 0.347 e. The number of aryl methyl sites for hydroxylation is 1. The first-order valence-corrected chi connectivity index (χ1v) is 9.01. The number of non-ortho nitro benzene ring substituents is 1. The van der Waals surface area contributed by atoms with Crippen molar-refractivity contribution < 1.29 is 4.92 Å². The maximum atomic E-state index is 10.9. The smallest absolute Gasteiger partial charge is 0.269 e. The average Bonchev–Trinajstić information content (AvgIpc) is 2.83.